The molecule has 2 rings (SSSR count). The molecule has 0 N–H and O–H groups in total. The van der Waals surface area contributed by atoms with Crippen LogP contribution < -0.4 is 0 Å². The summed E-state index contributed by atoms with van der Waals surface area (Å²) in [6, 6.07) is 0. The van der Waals surface area contributed by atoms with Gasteiger partial charge in [0.1, 0.15) is 6.10 Å². The number of amides is 2. The molecule has 1 atom stereocenters. The summed E-state index contributed by atoms with van der Waals surface area (Å²) < 4.78 is 45.4. The zero-order chi connectivity index (χ0) is 15.5. The van der Waals surface area contributed by atoms with E-state index in [0.29, 0.717) is 13.0 Å². The number of halogens is 3. The summed E-state index contributed by atoms with van der Waals surface area (Å²) in [5, 5.41) is 0. The minimum absolute atomic E-state index is 0.115. The largest absolute Gasteiger partial charge is 0.440 e. The highest BCUT2D eigenvalue weighted by Gasteiger charge is 2.34. The van der Waals surface area contributed by atoms with E-state index >= 15 is 0 Å². The molecule has 2 amide bonds. The molecule has 0 aromatic rings. The summed E-state index contributed by atoms with van der Waals surface area (Å²) in [5.74, 6) is -0.115. The van der Waals surface area contributed by atoms with Crippen molar-refractivity contribution in [2.24, 2.45) is 0 Å². The number of carbonyl (C=O) groups is 2. The van der Waals surface area contributed by atoms with E-state index in [0.717, 1.165) is 6.42 Å². The smallest absolute Gasteiger partial charge is 0.422 e. The molecule has 0 aromatic carbocycles. The molecule has 120 valence electrons. The first-order valence-corrected chi connectivity index (χ1v) is 6.75. The number of carbonyl (C=O) groups excluding carboxylic acids is 2. The van der Waals surface area contributed by atoms with Crippen LogP contribution in [0.25, 0.3) is 0 Å². The lowest BCUT2D eigenvalue weighted by molar-refractivity contribution is -0.163. The molecule has 0 saturated carbocycles. The van der Waals surface area contributed by atoms with Crippen LogP contribution in [0.4, 0.5) is 18.0 Å². The minimum atomic E-state index is -4.53. The Morgan fingerprint density at radius 1 is 1.14 bits per heavy atom. The van der Waals surface area contributed by atoms with Crippen LogP contribution in [0, 0.1) is 0 Å². The summed E-state index contributed by atoms with van der Waals surface area (Å²) in [7, 11) is 0. The lowest BCUT2D eigenvalue weighted by Gasteiger charge is -2.35. The van der Waals surface area contributed by atoms with Gasteiger partial charge < -0.3 is 19.3 Å². The van der Waals surface area contributed by atoms with Gasteiger partial charge >= 0.3 is 12.3 Å². The Morgan fingerprint density at radius 3 is 2.29 bits per heavy atom. The van der Waals surface area contributed by atoms with Gasteiger partial charge in [0.25, 0.3) is 5.91 Å². The second kappa shape index (κ2) is 6.50. The van der Waals surface area contributed by atoms with Crippen molar-refractivity contribution in [2.75, 3.05) is 39.4 Å². The van der Waals surface area contributed by atoms with Crippen molar-refractivity contribution in [1.29, 1.82) is 0 Å². The Labute approximate surface area is 119 Å². The second-order valence-electron chi connectivity index (χ2n) is 4.98. The zero-order valence-corrected chi connectivity index (χ0v) is 11.4. The fourth-order valence-corrected chi connectivity index (χ4v) is 2.32. The van der Waals surface area contributed by atoms with Crippen LogP contribution >= 0.6 is 0 Å². The summed E-state index contributed by atoms with van der Waals surface area (Å²) in [5.41, 5.74) is 0. The second-order valence-corrected chi connectivity index (χ2v) is 4.98. The van der Waals surface area contributed by atoms with Gasteiger partial charge in [0.2, 0.25) is 0 Å². The lowest BCUT2D eigenvalue weighted by Crippen LogP contribution is -2.53. The maximum absolute atomic E-state index is 12.1. The van der Waals surface area contributed by atoms with Crippen LogP contribution in [-0.4, -0.2) is 73.5 Å². The van der Waals surface area contributed by atoms with Crippen molar-refractivity contribution < 1.29 is 32.2 Å². The molecule has 0 bridgehead atoms. The molecule has 0 radical (unpaired) electrons. The van der Waals surface area contributed by atoms with Gasteiger partial charge in [-0.3, -0.25) is 4.79 Å². The van der Waals surface area contributed by atoms with Crippen LogP contribution in [0.5, 0.6) is 0 Å². The first-order chi connectivity index (χ1) is 9.87. The molecule has 2 saturated heterocycles. The molecule has 2 heterocycles. The van der Waals surface area contributed by atoms with Gasteiger partial charge in [-0.25, -0.2) is 4.79 Å². The van der Waals surface area contributed by atoms with Crippen molar-refractivity contribution >= 4 is 12.0 Å². The number of nitrogens with zero attached hydrogens (tertiary/aromatic N) is 2. The van der Waals surface area contributed by atoms with Crippen LogP contribution in [0.1, 0.15) is 12.8 Å². The average molecular weight is 310 g/mol. The Balaban J connectivity index is 1.74. The van der Waals surface area contributed by atoms with Crippen molar-refractivity contribution in [3.8, 4) is 0 Å². The van der Waals surface area contributed by atoms with E-state index in [1.165, 1.54) is 4.90 Å². The lowest BCUT2D eigenvalue weighted by atomic mass is 10.2. The number of alkyl halides is 3. The Morgan fingerprint density at radius 2 is 1.76 bits per heavy atom. The van der Waals surface area contributed by atoms with Crippen LogP contribution in [-0.2, 0) is 14.3 Å². The third-order valence-corrected chi connectivity index (χ3v) is 3.41. The van der Waals surface area contributed by atoms with Gasteiger partial charge in [-0.1, -0.05) is 0 Å². The molecular weight excluding hydrogens is 293 g/mol. The average Bonchev–Trinajstić information content (AvgIpc) is 2.97. The van der Waals surface area contributed by atoms with Crippen LogP contribution in [0.3, 0.4) is 0 Å². The minimum Gasteiger partial charge on any atom is -0.440 e. The molecule has 0 aromatic heterocycles. The third kappa shape index (κ3) is 4.48. The first kappa shape index (κ1) is 15.9. The molecule has 0 spiro atoms. The first-order valence-electron chi connectivity index (χ1n) is 6.75. The van der Waals surface area contributed by atoms with Crippen LogP contribution in [0.15, 0.2) is 0 Å². The Bertz CT molecular complexity index is 388. The van der Waals surface area contributed by atoms with Crippen molar-refractivity contribution in [3.63, 3.8) is 0 Å². The normalized spacial score (nSPS) is 23.3. The van der Waals surface area contributed by atoms with Gasteiger partial charge in [0, 0.05) is 32.8 Å². The summed E-state index contributed by atoms with van der Waals surface area (Å²) >= 11 is 0. The molecule has 2 aliphatic heterocycles. The molecule has 6 nitrogen and oxygen atoms in total. The van der Waals surface area contributed by atoms with E-state index in [-0.39, 0.29) is 32.1 Å². The molecular formula is C12H17F3N2O4. The Kier molecular flexibility index (Phi) is 4.92. The van der Waals surface area contributed by atoms with Gasteiger partial charge in [0.05, 0.1) is 0 Å². The SMILES string of the molecule is O=C(OCC(F)(F)F)N1CCN(C(=O)C2CCCO2)CC1. The fourth-order valence-electron chi connectivity index (χ4n) is 2.32. The maximum atomic E-state index is 12.1. The predicted octanol–water partition coefficient (Wildman–Crippen LogP) is 1.01. The molecule has 21 heavy (non-hydrogen) atoms. The van der Waals surface area contributed by atoms with Crippen molar-refractivity contribution in [3.05, 3.63) is 0 Å². The topological polar surface area (TPSA) is 59.1 Å². The number of ether oxygens (including phenoxy) is 2. The highest BCUT2D eigenvalue weighted by Crippen LogP contribution is 2.17. The molecule has 1 unspecified atom stereocenters. The monoisotopic (exact) mass is 310 g/mol. The standard InChI is InChI=1S/C12H17F3N2O4/c13-12(14,15)8-21-11(19)17-5-3-16(4-6-17)10(18)9-2-1-7-20-9/h9H,1-8H2. The number of hydrogen-bond donors (Lipinski definition) is 0. The van der Waals surface area contributed by atoms with Gasteiger partial charge in [-0.05, 0) is 12.8 Å². The molecule has 2 fully saturated rings. The fraction of sp³-hybridized carbons (Fsp3) is 0.833. The third-order valence-electron chi connectivity index (χ3n) is 3.41. The van der Waals surface area contributed by atoms with Gasteiger partial charge in [-0.15, -0.1) is 0 Å². The quantitative estimate of drug-likeness (QED) is 0.764. The van der Waals surface area contributed by atoms with Crippen molar-refractivity contribution in [1.82, 2.24) is 9.80 Å². The zero-order valence-electron chi connectivity index (χ0n) is 11.4. The highest BCUT2D eigenvalue weighted by atomic mass is 19.4. The van der Waals surface area contributed by atoms with E-state index < -0.39 is 25.0 Å². The highest BCUT2D eigenvalue weighted by molar-refractivity contribution is 5.81. The Hall–Kier alpha value is -1.51. The van der Waals surface area contributed by atoms with E-state index in [1.54, 1.807) is 4.90 Å². The van der Waals surface area contributed by atoms with E-state index in [4.69, 9.17) is 4.74 Å². The van der Waals surface area contributed by atoms with E-state index in [2.05, 4.69) is 4.74 Å². The van der Waals surface area contributed by atoms with Crippen LogP contribution in [0.2, 0.25) is 0 Å². The number of rotatable bonds is 2. The molecule has 2 aliphatic rings. The molecule has 0 aliphatic carbocycles. The predicted molar refractivity (Wildman–Crippen MR) is 64.5 cm³/mol. The summed E-state index contributed by atoms with van der Waals surface area (Å²) in [4.78, 5) is 26.2. The van der Waals surface area contributed by atoms with Gasteiger partial charge in [0.15, 0.2) is 6.61 Å². The maximum Gasteiger partial charge on any atom is 0.422 e. The number of piperazine rings is 1. The van der Waals surface area contributed by atoms with E-state index in [1.807, 2.05) is 0 Å². The summed E-state index contributed by atoms with van der Waals surface area (Å²) in [6.07, 6.45) is -4.43. The summed E-state index contributed by atoms with van der Waals surface area (Å²) in [6.45, 7) is -0.148. The molecule has 9 heteroatoms. The van der Waals surface area contributed by atoms with E-state index in [9.17, 15) is 22.8 Å². The number of hydrogen-bond acceptors (Lipinski definition) is 4. The van der Waals surface area contributed by atoms with Crippen molar-refractivity contribution in [2.45, 2.75) is 25.1 Å². The van der Waals surface area contributed by atoms with Gasteiger partial charge in [-0.2, -0.15) is 13.2 Å².